The maximum atomic E-state index is 4.10. The second kappa shape index (κ2) is 5.19. The molecule has 4 heteroatoms. The van der Waals surface area contributed by atoms with Crippen LogP contribution in [0.5, 0.6) is 0 Å². The van der Waals surface area contributed by atoms with Crippen LogP contribution in [0.15, 0.2) is 36.0 Å². The minimum Gasteiger partial charge on any atom is -0.378 e. The van der Waals surface area contributed by atoms with Gasteiger partial charge in [0, 0.05) is 36.5 Å². The zero-order valence-electron chi connectivity index (χ0n) is 10.3. The molecule has 0 aliphatic carbocycles. The van der Waals surface area contributed by atoms with Crippen LogP contribution in [0, 0.1) is 0 Å². The topological polar surface area (TPSA) is 28.2 Å². The molecular weight excluding hydrogens is 230 g/mol. The van der Waals surface area contributed by atoms with Gasteiger partial charge in [-0.05, 0) is 25.1 Å². The quantitative estimate of drug-likeness (QED) is 0.897. The van der Waals surface area contributed by atoms with Gasteiger partial charge in [0.15, 0.2) is 0 Å². The molecule has 1 unspecified atom stereocenters. The number of thiazole rings is 1. The number of rotatable bonds is 4. The largest absolute Gasteiger partial charge is 0.378 e. The summed E-state index contributed by atoms with van der Waals surface area (Å²) in [5.74, 6) is 0. The summed E-state index contributed by atoms with van der Waals surface area (Å²) in [5, 5.41) is 3.48. The predicted octanol–water partition coefficient (Wildman–Crippen LogP) is 3.38. The number of hydrogen-bond donors (Lipinski definition) is 1. The molecule has 2 rings (SSSR count). The van der Waals surface area contributed by atoms with E-state index in [4.69, 9.17) is 0 Å². The van der Waals surface area contributed by atoms with Crippen LogP contribution in [0.25, 0.3) is 0 Å². The molecule has 0 amide bonds. The lowest BCUT2D eigenvalue weighted by atomic mass is 10.2. The summed E-state index contributed by atoms with van der Waals surface area (Å²) in [6.07, 6.45) is 1.91. The van der Waals surface area contributed by atoms with Gasteiger partial charge in [0.05, 0.1) is 11.6 Å². The number of hydrogen-bond acceptors (Lipinski definition) is 4. The summed E-state index contributed by atoms with van der Waals surface area (Å²) in [7, 11) is 4.09. The van der Waals surface area contributed by atoms with E-state index in [9.17, 15) is 0 Å². The number of anilines is 2. The number of nitrogens with zero attached hydrogens (tertiary/aromatic N) is 2. The number of nitrogens with one attached hydrogen (secondary N) is 1. The molecule has 90 valence electrons. The lowest BCUT2D eigenvalue weighted by Gasteiger charge is -2.17. The zero-order chi connectivity index (χ0) is 12.3. The average Bonchev–Trinajstić information content (AvgIpc) is 2.82. The van der Waals surface area contributed by atoms with Crippen molar-refractivity contribution in [2.24, 2.45) is 0 Å². The fourth-order valence-corrected chi connectivity index (χ4v) is 2.26. The van der Waals surface area contributed by atoms with E-state index in [0.717, 1.165) is 5.69 Å². The highest BCUT2D eigenvalue weighted by molar-refractivity contribution is 7.09. The third-order valence-electron chi connectivity index (χ3n) is 2.62. The van der Waals surface area contributed by atoms with Crippen molar-refractivity contribution >= 4 is 22.7 Å². The number of benzene rings is 1. The van der Waals surface area contributed by atoms with Crippen LogP contribution in [-0.4, -0.2) is 19.1 Å². The first-order chi connectivity index (χ1) is 8.16. The Morgan fingerprint density at radius 2 is 2.18 bits per heavy atom. The van der Waals surface area contributed by atoms with E-state index in [-0.39, 0.29) is 0 Å². The molecule has 0 spiro atoms. The Balaban J connectivity index is 2.11. The van der Waals surface area contributed by atoms with Crippen molar-refractivity contribution in [1.29, 1.82) is 0 Å². The van der Waals surface area contributed by atoms with Gasteiger partial charge < -0.3 is 10.2 Å². The van der Waals surface area contributed by atoms with Gasteiger partial charge in [-0.3, -0.25) is 4.98 Å². The highest BCUT2D eigenvalue weighted by Crippen LogP contribution is 2.24. The summed E-state index contributed by atoms with van der Waals surface area (Å²) >= 11 is 1.68. The van der Waals surface area contributed by atoms with Gasteiger partial charge in [-0.15, -0.1) is 11.3 Å². The van der Waals surface area contributed by atoms with Crippen LogP contribution in [0.3, 0.4) is 0 Å². The van der Waals surface area contributed by atoms with Gasteiger partial charge in [0.2, 0.25) is 0 Å². The van der Waals surface area contributed by atoms with Gasteiger partial charge >= 0.3 is 0 Å². The molecule has 0 radical (unpaired) electrons. The zero-order valence-corrected chi connectivity index (χ0v) is 11.2. The fourth-order valence-electron chi connectivity index (χ4n) is 1.63. The Morgan fingerprint density at radius 1 is 1.35 bits per heavy atom. The molecule has 0 bridgehead atoms. The third-order valence-corrected chi connectivity index (χ3v) is 3.58. The molecule has 17 heavy (non-hydrogen) atoms. The Labute approximate surface area is 106 Å². The van der Waals surface area contributed by atoms with Crippen LogP contribution in [-0.2, 0) is 0 Å². The van der Waals surface area contributed by atoms with E-state index in [2.05, 4.69) is 46.4 Å². The maximum Gasteiger partial charge on any atom is 0.0795 e. The molecule has 1 aromatic heterocycles. The van der Waals surface area contributed by atoms with Crippen molar-refractivity contribution in [3.63, 3.8) is 0 Å². The Bertz CT molecular complexity index is 465. The van der Waals surface area contributed by atoms with Crippen LogP contribution >= 0.6 is 11.3 Å². The van der Waals surface area contributed by atoms with Gasteiger partial charge in [0.1, 0.15) is 0 Å². The first kappa shape index (κ1) is 11.9. The van der Waals surface area contributed by atoms with Gasteiger partial charge in [-0.1, -0.05) is 6.07 Å². The minimum atomic E-state index is 0.292. The van der Waals surface area contributed by atoms with Gasteiger partial charge in [-0.2, -0.15) is 0 Å². The SMILES string of the molecule is CC(Nc1cccc(N(C)C)c1)c1cncs1. The van der Waals surface area contributed by atoms with Crippen LogP contribution in [0.4, 0.5) is 11.4 Å². The Hall–Kier alpha value is -1.55. The molecule has 0 aliphatic rings. The molecule has 1 aromatic carbocycles. The van der Waals surface area contributed by atoms with E-state index in [1.807, 2.05) is 25.8 Å². The van der Waals surface area contributed by atoms with Crippen molar-refractivity contribution in [2.45, 2.75) is 13.0 Å². The smallest absolute Gasteiger partial charge is 0.0795 e. The Kier molecular flexibility index (Phi) is 3.64. The number of aromatic nitrogens is 1. The molecule has 2 aromatic rings. The maximum absolute atomic E-state index is 4.10. The monoisotopic (exact) mass is 247 g/mol. The summed E-state index contributed by atoms with van der Waals surface area (Å²) in [6.45, 7) is 2.15. The molecular formula is C13H17N3S. The van der Waals surface area contributed by atoms with Gasteiger partial charge in [0.25, 0.3) is 0 Å². The van der Waals surface area contributed by atoms with E-state index < -0.39 is 0 Å². The van der Waals surface area contributed by atoms with E-state index in [1.54, 1.807) is 11.3 Å². The first-order valence-electron chi connectivity index (χ1n) is 5.59. The van der Waals surface area contributed by atoms with Crippen molar-refractivity contribution in [3.05, 3.63) is 40.8 Å². The van der Waals surface area contributed by atoms with Crippen molar-refractivity contribution in [1.82, 2.24) is 4.98 Å². The summed E-state index contributed by atoms with van der Waals surface area (Å²) in [4.78, 5) is 7.45. The predicted molar refractivity (Wildman–Crippen MR) is 74.9 cm³/mol. The highest BCUT2D eigenvalue weighted by atomic mass is 32.1. The lowest BCUT2D eigenvalue weighted by Crippen LogP contribution is -2.10. The molecule has 1 heterocycles. The van der Waals surface area contributed by atoms with E-state index >= 15 is 0 Å². The fraction of sp³-hybridized carbons (Fsp3) is 0.308. The standard InChI is InChI=1S/C13H17N3S/c1-10(13-8-14-9-17-13)15-11-5-4-6-12(7-11)16(2)3/h4-10,15H,1-3H3. The summed E-state index contributed by atoms with van der Waals surface area (Å²) < 4.78 is 0. The minimum absolute atomic E-state index is 0.292. The van der Waals surface area contributed by atoms with Crippen LogP contribution < -0.4 is 10.2 Å². The molecule has 0 saturated heterocycles. The van der Waals surface area contributed by atoms with Gasteiger partial charge in [-0.25, -0.2) is 0 Å². The van der Waals surface area contributed by atoms with Crippen molar-refractivity contribution in [2.75, 3.05) is 24.3 Å². The summed E-state index contributed by atoms with van der Waals surface area (Å²) in [5.41, 5.74) is 4.20. The molecule has 0 aliphatic heterocycles. The molecule has 1 N–H and O–H groups in total. The molecule has 0 fully saturated rings. The first-order valence-corrected chi connectivity index (χ1v) is 6.47. The third kappa shape index (κ3) is 2.97. The Morgan fingerprint density at radius 3 is 2.82 bits per heavy atom. The van der Waals surface area contributed by atoms with Crippen LogP contribution in [0.1, 0.15) is 17.8 Å². The van der Waals surface area contributed by atoms with Crippen molar-refractivity contribution in [3.8, 4) is 0 Å². The molecule has 1 atom stereocenters. The average molecular weight is 247 g/mol. The highest BCUT2D eigenvalue weighted by Gasteiger charge is 2.07. The van der Waals surface area contributed by atoms with Crippen molar-refractivity contribution < 1.29 is 0 Å². The summed E-state index contributed by atoms with van der Waals surface area (Å²) in [6, 6.07) is 8.70. The molecule has 3 nitrogen and oxygen atoms in total. The normalized spacial score (nSPS) is 12.2. The van der Waals surface area contributed by atoms with E-state index in [1.165, 1.54) is 10.6 Å². The molecule has 0 saturated carbocycles. The second-order valence-electron chi connectivity index (χ2n) is 4.21. The van der Waals surface area contributed by atoms with Crippen LogP contribution in [0.2, 0.25) is 0 Å². The second-order valence-corrected chi connectivity index (χ2v) is 5.13. The lowest BCUT2D eigenvalue weighted by molar-refractivity contribution is 0.903. The van der Waals surface area contributed by atoms with E-state index in [0.29, 0.717) is 6.04 Å².